The summed E-state index contributed by atoms with van der Waals surface area (Å²) in [6, 6.07) is 23.1. The Morgan fingerprint density at radius 2 is 1.57 bits per heavy atom. The number of fused-ring (bicyclic) bond motifs is 1. The Kier molecular flexibility index (Phi) is 5.46. The molecule has 156 valence electrons. The van der Waals surface area contributed by atoms with Crippen LogP contribution in [0.4, 0.5) is 0 Å². The van der Waals surface area contributed by atoms with E-state index in [1.807, 2.05) is 36.4 Å². The van der Waals surface area contributed by atoms with E-state index in [-0.39, 0.29) is 11.5 Å². The van der Waals surface area contributed by atoms with Gasteiger partial charge < -0.3 is 14.2 Å². The monoisotopic (exact) mass is 402 g/mol. The predicted octanol–water partition coefficient (Wildman–Crippen LogP) is 6.70. The van der Waals surface area contributed by atoms with Crippen LogP contribution in [-0.4, -0.2) is 12.7 Å². The fourth-order valence-corrected chi connectivity index (χ4v) is 4.19. The van der Waals surface area contributed by atoms with Crippen molar-refractivity contribution in [1.29, 1.82) is 0 Å². The summed E-state index contributed by atoms with van der Waals surface area (Å²) in [5.74, 6) is 3.30. The third-order valence-corrected chi connectivity index (χ3v) is 5.87. The molecular formula is C27H30O3. The maximum absolute atomic E-state index is 6.37. The Bertz CT molecular complexity index is 1000. The van der Waals surface area contributed by atoms with E-state index in [2.05, 4.69) is 58.0 Å². The molecule has 3 nitrogen and oxygen atoms in total. The van der Waals surface area contributed by atoms with E-state index in [1.165, 1.54) is 16.7 Å². The summed E-state index contributed by atoms with van der Waals surface area (Å²) in [5.41, 5.74) is 4.65. The molecule has 1 atom stereocenters. The molecule has 0 bridgehead atoms. The summed E-state index contributed by atoms with van der Waals surface area (Å²) >= 11 is 0. The van der Waals surface area contributed by atoms with Crippen LogP contribution in [0.2, 0.25) is 0 Å². The second-order valence-electron chi connectivity index (χ2n) is 8.80. The third-order valence-electron chi connectivity index (χ3n) is 5.87. The van der Waals surface area contributed by atoms with Crippen LogP contribution in [0.3, 0.4) is 0 Å². The molecule has 3 aromatic carbocycles. The molecule has 0 aromatic heterocycles. The number of hydrogen-bond donors (Lipinski definition) is 0. The van der Waals surface area contributed by atoms with Gasteiger partial charge in [-0.25, -0.2) is 0 Å². The van der Waals surface area contributed by atoms with Crippen LogP contribution in [0.25, 0.3) is 0 Å². The summed E-state index contributed by atoms with van der Waals surface area (Å²) in [7, 11) is 1.67. The molecule has 1 heterocycles. The predicted molar refractivity (Wildman–Crippen MR) is 121 cm³/mol. The highest BCUT2D eigenvalue weighted by Gasteiger charge is 2.42. The summed E-state index contributed by atoms with van der Waals surface area (Å²) < 4.78 is 17.6. The van der Waals surface area contributed by atoms with E-state index in [4.69, 9.17) is 14.2 Å². The number of hydrogen-bond acceptors (Lipinski definition) is 3. The molecule has 3 aromatic rings. The van der Waals surface area contributed by atoms with E-state index in [0.717, 1.165) is 22.8 Å². The van der Waals surface area contributed by atoms with Gasteiger partial charge in [0.15, 0.2) is 0 Å². The molecular weight excluding hydrogens is 372 g/mol. The Hall–Kier alpha value is -2.94. The average molecular weight is 403 g/mol. The first-order chi connectivity index (χ1) is 14.4. The zero-order valence-electron chi connectivity index (χ0n) is 18.4. The summed E-state index contributed by atoms with van der Waals surface area (Å²) in [5, 5.41) is 0. The van der Waals surface area contributed by atoms with Crippen molar-refractivity contribution in [2.24, 2.45) is 0 Å². The van der Waals surface area contributed by atoms with Gasteiger partial charge in [-0.05, 0) is 54.7 Å². The van der Waals surface area contributed by atoms with E-state index in [0.29, 0.717) is 12.5 Å². The smallest absolute Gasteiger partial charge is 0.127 e. The number of ether oxygens (including phenoxy) is 3. The van der Waals surface area contributed by atoms with E-state index < -0.39 is 0 Å². The second kappa shape index (κ2) is 8.06. The van der Waals surface area contributed by atoms with Gasteiger partial charge in [0.25, 0.3) is 0 Å². The quantitative estimate of drug-likeness (QED) is 0.459. The van der Waals surface area contributed by atoms with E-state index in [1.54, 1.807) is 7.11 Å². The maximum atomic E-state index is 6.37. The Labute approximate surface area is 179 Å². The zero-order valence-corrected chi connectivity index (χ0v) is 18.4. The van der Waals surface area contributed by atoms with Gasteiger partial charge in [-0.1, -0.05) is 56.3 Å². The lowest BCUT2D eigenvalue weighted by molar-refractivity contribution is 0.122. The van der Waals surface area contributed by atoms with Gasteiger partial charge >= 0.3 is 0 Å². The van der Waals surface area contributed by atoms with Crippen LogP contribution in [0, 0.1) is 0 Å². The molecule has 0 radical (unpaired) electrons. The van der Waals surface area contributed by atoms with Crippen LogP contribution in [0.15, 0.2) is 66.7 Å². The Morgan fingerprint density at radius 3 is 2.20 bits per heavy atom. The second-order valence-corrected chi connectivity index (χ2v) is 8.80. The molecule has 30 heavy (non-hydrogen) atoms. The molecule has 1 aliphatic rings. The van der Waals surface area contributed by atoms with Crippen molar-refractivity contribution in [2.45, 2.75) is 51.7 Å². The van der Waals surface area contributed by atoms with Crippen molar-refractivity contribution in [2.75, 3.05) is 7.11 Å². The average Bonchev–Trinajstić information content (AvgIpc) is 3.01. The molecule has 1 unspecified atom stereocenters. The van der Waals surface area contributed by atoms with E-state index in [9.17, 15) is 0 Å². The molecule has 0 saturated carbocycles. The van der Waals surface area contributed by atoms with Crippen molar-refractivity contribution in [1.82, 2.24) is 0 Å². The highest BCUT2D eigenvalue weighted by Crippen LogP contribution is 2.49. The lowest BCUT2D eigenvalue weighted by Crippen LogP contribution is -2.30. The van der Waals surface area contributed by atoms with Crippen LogP contribution in [0.5, 0.6) is 17.2 Å². The highest BCUT2D eigenvalue weighted by atomic mass is 16.5. The molecule has 0 amide bonds. The molecule has 0 saturated heterocycles. The maximum Gasteiger partial charge on any atom is 0.127 e. The van der Waals surface area contributed by atoms with Gasteiger partial charge in [-0.3, -0.25) is 0 Å². The topological polar surface area (TPSA) is 27.7 Å². The van der Waals surface area contributed by atoms with Crippen molar-refractivity contribution in [3.63, 3.8) is 0 Å². The van der Waals surface area contributed by atoms with Crippen LogP contribution < -0.4 is 14.2 Å². The first-order valence-corrected chi connectivity index (χ1v) is 10.6. The summed E-state index contributed by atoms with van der Waals surface area (Å²) in [6.07, 6.45) is 0. The van der Waals surface area contributed by atoms with Gasteiger partial charge in [0, 0.05) is 11.6 Å². The van der Waals surface area contributed by atoms with Gasteiger partial charge in [0.05, 0.1) is 13.0 Å². The number of rotatable bonds is 6. The Morgan fingerprint density at radius 1 is 0.900 bits per heavy atom. The minimum Gasteiger partial charge on any atom is -0.497 e. The summed E-state index contributed by atoms with van der Waals surface area (Å²) in [6.45, 7) is 9.27. The fourth-order valence-electron chi connectivity index (χ4n) is 4.19. The van der Waals surface area contributed by atoms with Crippen molar-refractivity contribution in [3.05, 3.63) is 89.0 Å². The first-order valence-electron chi connectivity index (χ1n) is 10.6. The number of benzene rings is 3. The highest BCUT2D eigenvalue weighted by molar-refractivity contribution is 5.52. The third kappa shape index (κ3) is 4.02. The zero-order chi connectivity index (χ0) is 21.3. The first kappa shape index (κ1) is 20.3. The Balaban J connectivity index is 1.54. The van der Waals surface area contributed by atoms with Gasteiger partial charge in [-0.15, -0.1) is 0 Å². The lowest BCUT2D eigenvalue weighted by atomic mass is 9.81. The van der Waals surface area contributed by atoms with Crippen molar-refractivity contribution >= 4 is 0 Å². The minimum atomic E-state index is -0.309. The molecule has 0 fully saturated rings. The van der Waals surface area contributed by atoms with Crippen molar-refractivity contribution < 1.29 is 14.2 Å². The van der Waals surface area contributed by atoms with Gasteiger partial charge in [0.1, 0.15) is 29.5 Å². The summed E-state index contributed by atoms with van der Waals surface area (Å²) in [4.78, 5) is 0. The van der Waals surface area contributed by atoms with Gasteiger partial charge in [0.2, 0.25) is 0 Å². The lowest BCUT2D eigenvalue weighted by Gasteiger charge is -2.27. The van der Waals surface area contributed by atoms with Gasteiger partial charge in [-0.2, -0.15) is 0 Å². The van der Waals surface area contributed by atoms with Crippen LogP contribution >= 0.6 is 0 Å². The minimum absolute atomic E-state index is 0.198. The largest absolute Gasteiger partial charge is 0.497 e. The van der Waals surface area contributed by atoms with Crippen LogP contribution in [0.1, 0.15) is 61.8 Å². The molecule has 3 heteroatoms. The number of methoxy groups -OCH3 is 1. The van der Waals surface area contributed by atoms with Crippen LogP contribution in [-0.2, 0) is 6.61 Å². The fraction of sp³-hybridized carbons (Fsp3) is 0.333. The molecule has 0 aliphatic carbocycles. The molecule has 0 N–H and O–H groups in total. The SMILES string of the molecule is COc1ccc(COc2ccc3c(c2)OC(C)(C)C3c2ccc(C(C)C)cc2)cc1. The molecule has 1 aliphatic heterocycles. The van der Waals surface area contributed by atoms with E-state index >= 15 is 0 Å². The molecule has 4 rings (SSSR count). The van der Waals surface area contributed by atoms with Crippen molar-refractivity contribution in [3.8, 4) is 17.2 Å². The normalized spacial score (nSPS) is 16.8. The standard InChI is InChI=1S/C27H30O3/c1-18(2)20-8-10-21(11-9-20)26-24-15-14-23(16-25(24)30-27(26,3)4)29-17-19-6-12-22(28-5)13-7-19/h6-16,18,26H,17H2,1-5H3. The molecule has 0 spiro atoms.